The minimum atomic E-state index is -3.50. The van der Waals surface area contributed by atoms with Gasteiger partial charge in [-0.05, 0) is 73.1 Å². The van der Waals surface area contributed by atoms with E-state index in [1.807, 2.05) is 29.2 Å². The van der Waals surface area contributed by atoms with Gasteiger partial charge in [0.25, 0.3) is 0 Å². The van der Waals surface area contributed by atoms with Gasteiger partial charge in [-0.2, -0.15) is 0 Å². The van der Waals surface area contributed by atoms with Crippen LogP contribution in [-0.2, 0) is 21.2 Å². The fourth-order valence-corrected chi connectivity index (χ4v) is 5.30. The second kappa shape index (κ2) is 7.82. The van der Waals surface area contributed by atoms with E-state index in [1.54, 1.807) is 6.07 Å². The van der Waals surface area contributed by atoms with Crippen molar-refractivity contribution >= 4 is 33.0 Å². The number of amides is 1. The van der Waals surface area contributed by atoms with Crippen molar-refractivity contribution in [2.45, 2.75) is 51.4 Å². The maximum atomic E-state index is 12.7. The van der Waals surface area contributed by atoms with E-state index in [1.165, 1.54) is 35.4 Å². The number of aryl methyl sites for hydroxylation is 1. The molecule has 29 heavy (non-hydrogen) atoms. The van der Waals surface area contributed by atoms with Gasteiger partial charge in [-0.1, -0.05) is 25.5 Å². The molecule has 1 heterocycles. The van der Waals surface area contributed by atoms with Crippen LogP contribution in [0.3, 0.4) is 0 Å². The number of nitrogens with zero attached hydrogens (tertiary/aromatic N) is 2. The Morgan fingerprint density at radius 1 is 1.03 bits per heavy atom. The van der Waals surface area contributed by atoms with Crippen LogP contribution in [0.15, 0.2) is 42.5 Å². The molecule has 0 aromatic heterocycles. The Labute approximate surface area is 173 Å². The number of anilines is 3. The highest BCUT2D eigenvalue weighted by molar-refractivity contribution is 7.92. The number of hydrogen-bond donors (Lipinski definition) is 0. The van der Waals surface area contributed by atoms with Crippen LogP contribution >= 0.6 is 0 Å². The molecule has 2 aliphatic rings. The van der Waals surface area contributed by atoms with E-state index in [4.69, 9.17) is 0 Å². The van der Waals surface area contributed by atoms with Gasteiger partial charge in [0.05, 0.1) is 17.6 Å². The molecule has 154 valence electrons. The highest BCUT2D eigenvalue weighted by Crippen LogP contribution is 2.39. The summed E-state index contributed by atoms with van der Waals surface area (Å²) >= 11 is 0. The van der Waals surface area contributed by atoms with Crippen LogP contribution in [-0.4, -0.2) is 27.1 Å². The summed E-state index contributed by atoms with van der Waals surface area (Å²) in [6, 6.07) is 13.5. The van der Waals surface area contributed by atoms with Crippen molar-refractivity contribution in [3.05, 3.63) is 53.6 Å². The summed E-state index contributed by atoms with van der Waals surface area (Å²) in [5, 5.41) is 0. The molecule has 0 bridgehead atoms. The fraction of sp³-hybridized carbons (Fsp3) is 0.435. The summed E-state index contributed by atoms with van der Waals surface area (Å²) in [5.74, 6) is 0.750. The molecule has 1 aliphatic heterocycles. The third kappa shape index (κ3) is 3.90. The van der Waals surface area contributed by atoms with E-state index in [2.05, 4.69) is 19.1 Å². The Hall–Kier alpha value is -2.34. The van der Waals surface area contributed by atoms with Gasteiger partial charge in [0, 0.05) is 18.7 Å². The highest BCUT2D eigenvalue weighted by Gasteiger charge is 2.27. The molecule has 2 aromatic carbocycles. The number of rotatable bonds is 6. The maximum Gasteiger partial charge on any atom is 0.236 e. The summed E-state index contributed by atoms with van der Waals surface area (Å²) in [4.78, 5) is 14.1. The van der Waals surface area contributed by atoms with Crippen LogP contribution in [0.4, 0.5) is 17.1 Å². The van der Waals surface area contributed by atoms with E-state index in [-0.39, 0.29) is 5.91 Å². The number of carbonyl (C=O) groups is 1. The summed E-state index contributed by atoms with van der Waals surface area (Å²) in [6.07, 6.45) is 6.93. The molecule has 4 rings (SSSR count). The smallest absolute Gasteiger partial charge is 0.236 e. The number of fused-ring (bicyclic) bond motifs is 1. The monoisotopic (exact) mass is 412 g/mol. The van der Waals surface area contributed by atoms with Gasteiger partial charge in [0.15, 0.2) is 0 Å². The van der Waals surface area contributed by atoms with Crippen molar-refractivity contribution in [1.29, 1.82) is 0 Å². The van der Waals surface area contributed by atoms with Crippen LogP contribution in [0.5, 0.6) is 0 Å². The van der Waals surface area contributed by atoms with Gasteiger partial charge in [0.2, 0.25) is 15.9 Å². The molecule has 0 radical (unpaired) electrons. The van der Waals surface area contributed by atoms with Crippen molar-refractivity contribution in [3.63, 3.8) is 0 Å². The first-order chi connectivity index (χ1) is 13.9. The first kappa shape index (κ1) is 20.0. The maximum absolute atomic E-state index is 12.7. The topological polar surface area (TPSA) is 57.7 Å². The van der Waals surface area contributed by atoms with Crippen LogP contribution in [0.25, 0.3) is 0 Å². The Morgan fingerprint density at radius 2 is 1.72 bits per heavy atom. The Balaban J connectivity index is 1.70. The molecule has 1 saturated carbocycles. The van der Waals surface area contributed by atoms with E-state index in [0.29, 0.717) is 36.7 Å². The number of carbonyl (C=O) groups excluding carboxylic acids is 1. The highest BCUT2D eigenvalue weighted by atomic mass is 32.2. The first-order valence-electron chi connectivity index (χ1n) is 10.4. The molecule has 1 amide bonds. The van der Waals surface area contributed by atoms with Crippen LogP contribution < -0.4 is 9.21 Å². The van der Waals surface area contributed by atoms with E-state index < -0.39 is 10.0 Å². The molecule has 1 fully saturated rings. The lowest BCUT2D eigenvalue weighted by molar-refractivity contribution is -0.118. The van der Waals surface area contributed by atoms with Crippen molar-refractivity contribution in [3.8, 4) is 0 Å². The molecule has 0 unspecified atom stereocenters. The van der Waals surface area contributed by atoms with Gasteiger partial charge in [0.1, 0.15) is 0 Å². The van der Waals surface area contributed by atoms with Crippen molar-refractivity contribution in [1.82, 2.24) is 0 Å². The predicted molar refractivity (Wildman–Crippen MR) is 117 cm³/mol. The molecule has 0 saturated heterocycles. The molecular formula is C23H28N2O3S. The molecule has 2 aromatic rings. The largest absolute Gasteiger partial charge is 0.312 e. The molecule has 0 N–H and O–H groups in total. The SMILES string of the molecule is CCCN1C(=O)CCc2cc(N(c3ccc(C4CCC4)cc3)S(C)(=O)=O)ccc21. The van der Waals surface area contributed by atoms with E-state index in [9.17, 15) is 13.2 Å². The lowest BCUT2D eigenvalue weighted by Gasteiger charge is -2.31. The average Bonchev–Trinajstić information content (AvgIpc) is 2.63. The second-order valence-electron chi connectivity index (χ2n) is 8.11. The zero-order chi connectivity index (χ0) is 20.6. The predicted octanol–water partition coefficient (Wildman–Crippen LogP) is 4.74. The lowest BCUT2D eigenvalue weighted by atomic mass is 9.80. The fourth-order valence-electron chi connectivity index (χ4n) is 4.30. The molecular weight excluding hydrogens is 384 g/mol. The Bertz CT molecular complexity index is 1010. The average molecular weight is 413 g/mol. The number of benzene rings is 2. The molecule has 5 nitrogen and oxygen atoms in total. The summed E-state index contributed by atoms with van der Waals surface area (Å²) in [7, 11) is -3.50. The molecule has 0 atom stereocenters. The minimum absolute atomic E-state index is 0.138. The second-order valence-corrected chi connectivity index (χ2v) is 9.94. The van der Waals surface area contributed by atoms with Gasteiger partial charge in [-0.3, -0.25) is 4.79 Å². The van der Waals surface area contributed by atoms with Gasteiger partial charge in [-0.15, -0.1) is 0 Å². The standard InChI is InChI=1S/C23H28N2O3S/c1-3-15-24-22-13-12-21(16-19(22)9-14-23(24)26)25(29(2,27)28)20-10-7-18(8-11-20)17-5-4-6-17/h7-8,10-13,16-17H,3-6,9,14-15H2,1-2H3. The minimum Gasteiger partial charge on any atom is -0.312 e. The van der Waals surface area contributed by atoms with Crippen LogP contribution in [0.1, 0.15) is 56.1 Å². The first-order valence-corrected chi connectivity index (χ1v) is 12.3. The van der Waals surface area contributed by atoms with Crippen LogP contribution in [0.2, 0.25) is 0 Å². The van der Waals surface area contributed by atoms with Crippen molar-refractivity contribution in [2.24, 2.45) is 0 Å². The van der Waals surface area contributed by atoms with Gasteiger partial charge >= 0.3 is 0 Å². The third-order valence-electron chi connectivity index (χ3n) is 5.98. The lowest BCUT2D eigenvalue weighted by Crippen LogP contribution is -2.35. The third-order valence-corrected chi connectivity index (χ3v) is 7.07. The van der Waals surface area contributed by atoms with Crippen molar-refractivity contribution in [2.75, 3.05) is 22.0 Å². The van der Waals surface area contributed by atoms with E-state index in [0.717, 1.165) is 17.7 Å². The number of hydrogen-bond acceptors (Lipinski definition) is 3. The van der Waals surface area contributed by atoms with E-state index >= 15 is 0 Å². The quantitative estimate of drug-likeness (QED) is 0.688. The van der Waals surface area contributed by atoms with Gasteiger partial charge < -0.3 is 4.90 Å². The molecule has 0 spiro atoms. The van der Waals surface area contributed by atoms with Crippen LogP contribution in [0, 0.1) is 0 Å². The summed E-state index contributed by atoms with van der Waals surface area (Å²) < 4.78 is 26.7. The number of sulfonamides is 1. The molecule has 6 heteroatoms. The summed E-state index contributed by atoms with van der Waals surface area (Å²) in [5.41, 5.74) is 4.48. The normalized spacial score (nSPS) is 17.0. The molecule has 1 aliphatic carbocycles. The zero-order valence-electron chi connectivity index (χ0n) is 17.1. The Kier molecular flexibility index (Phi) is 5.38. The Morgan fingerprint density at radius 3 is 2.31 bits per heavy atom. The zero-order valence-corrected chi connectivity index (χ0v) is 17.9. The van der Waals surface area contributed by atoms with Crippen molar-refractivity contribution < 1.29 is 13.2 Å². The summed E-state index contributed by atoms with van der Waals surface area (Å²) in [6.45, 7) is 2.73. The van der Waals surface area contributed by atoms with Gasteiger partial charge in [-0.25, -0.2) is 12.7 Å².